The van der Waals surface area contributed by atoms with Gasteiger partial charge in [0.25, 0.3) is 0 Å². The zero-order valence-electron chi connectivity index (χ0n) is 7.22. The summed E-state index contributed by atoms with van der Waals surface area (Å²) in [6.45, 7) is 0.819. The third kappa shape index (κ3) is 2.30. The number of nitrogens with zero attached hydrogens (tertiary/aromatic N) is 2. The maximum atomic E-state index is 8.92. The number of hydrogen-bond donors (Lipinski definition) is 2. The zero-order chi connectivity index (χ0) is 8.55. The largest absolute Gasteiger partial charge is 0.507 e. The molecule has 0 aromatic carbocycles. The van der Waals surface area contributed by atoms with Gasteiger partial charge in [-0.1, -0.05) is 0 Å². The first-order valence-corrected chi connectivity index (χ1v) is 4.15. The molecular weight excluding hydrogens is 171 g/mol. The first-order valence-electron chi connectivity index (χ1n) is 4.15. The molecule has 1 fully saturated rings. The molecular formula is C7H13BN2O3. The standard InChI is InChI=1S/C7H11BN2O2.H2O/c11-8(12)7-3-4-9-10(7)5-6-1-2-6;/h3-4,6,11-12H,1-2,5H2;1H2. The van der Waals surface area contributed by atoms with Gasteiger partial charge in [-0.2, -0.15) is 5.10 Å². The average Bonchev–Trinajstić information content (AvgIpc) is 2.66. The van der Waals surface area contributed by atoms with E-state index < -0.39 is 7.12 Å². The Morgan fingerprint density at radius 2 is 2.23 bits per heavy atom. The van der Waals surface area contributed by atoms with Crippen molar-refractivity contribution < 1.29 is 15.5 Å². The van der Waals surface area contributed by atoms with E-state index >= 15 is 0 Å². The van der Waals surface area contributed by atoms with E-state index in [0.29, 0.717) is 11.5 Å². The van der Waals surface area contributed by atoms with E-state index in [2.05, 4.69) is 5.10 Å². The summed E-state index contributed by atoms with van der Waals surface area (Å²) in [5.41, 5.74) is 0.488. The molecule has 1 heterocycles. The Morgan fingerprint density at radius 1 is 1.54 bits per heavy atom. The molecule has 0 amide bonds. The number of hydrogen-bond acceptors (Lipinski definition) is 3. The van der Waals surface area contributed by atoms with Gasteiger partial charge in [0.2, 0.25) is 0 Å². The number of aromatic nitrogens is 2. The fourth-order valence-electron chi connectivity index (χ4n) is 1.26. The van der Waals surface area contributed by atoms with Crippen molar-refractivity contribution >= 4 is 12.7 Å². The molecule has 0 bridgehead atoms. The quantitative estimate of drug-likeness (QED) is 0.540. The molecule has 6 heteroatoms. The molecule has 0 aliphatic heterocycles. The highest BCUT2D eigenvalue weighted by Crippen LogP contribution is 2.29. The lowest BCUT2D eigenvalue weighted by Crippen LogP contribution is -2.37. The van der Waals surface area contributed by atoms with E-state index in [4.69, 9.17) is 10.0 Å². The van der Waals surface area contributed by atoms with Crippen molar-refractivity contribution in [2.45, 2.75) is 19.4 Å². The molecule has 1 saturated carbocycles. The van der Waals surface area contributed by atoms with Crippen LogP contribution in [-0.2, 0) is 6.54 Å². The third-order valence-corrected chi connectivity index (χ3v) is 2.14. The van der Waals surface area contributed by atoms with Gasteiger partial charge in [-0.15, -0.1) is 0 Å². The first kappa shape index (κ1) is 10.2. The van der Waals surface area contributed by atoms with E-state index in [-0.39, 0.29) is 5.48 Å². The lowest BCUT2D eigenvalue weighted by Gasteiger charge is -2.04. The molecule has 13 heavy (non-hydrogen) atoms. The fourth-order valence-corrected chi connectivity index (χ4v) is 1.26. The smallest absolute Gasteiger partial charge is 0.422 e. The second kappa shape index (κ2) is 3.91. The van der Waals surface area contributed by atoms with E-state index in [9.17, 15) is 0 Å². The van der Waals surface area contributed by atoms with E-state index in [1.54, 1.807) is 16.9 Å². The highest BCUT2D eigenvalue weighted by Gasteiger charge is 2.25. The van der Waals surface area contributed by atoms with Gasteiger partial charge in [0, 0.05) is 12.7 Å². The summed E-state index contributed by atoms with van der Waals surface area (Å²) in [4.78, 5) is 0. The predicted octanol–water partition coefficient (Wildman–Crippen LogP) is -1.85. The minimum absolute atomic E-state index is 0. The van der Waals surface area contributed by atoms with Crippen molar-refractivity contribution in [1.29, 1.82) is 0 Å². The number of rotatable bonds is 3. The summed E-state index contributed by atoms with van der Waals surface area (Å²) in [7, 11) is -1.40. The van der Waals surface area contributed by atoms with Gasteiger partial charge in [0.15, 0.2) is 0 Å². The Bertz CT molecular complexity index is 272. The molecule has 72 valence electrons. The molecule has 1 aromatic rings. The van der Waals surface area contributed by atoms with Crippen molar-refractivity contribution in [3.05, 3.63) is 12.3 Å². The van der Waals surface area contributed by atoms with E-state index in [0.717, 1.165) is 6.54 Å². The van der Waals surface area contributed by atoms with Crippen LogP contribution in [0.15, 0.2) is 12.3 Å². The normalized spacial score (nSPS) is 15.2. The molecule has 4 N–H and O–H groups in total. The van der Waals surface area contributed by atoms with Crippen LogP contribution in [-0.4, -0.2) is 32.4 Å². The third-order valence-electron chi connectivity index (χ3n) is 2.14. The van der Waals surface area contributed by atoms with Gasteiger partial charge in [-0.05, 0) is 24.8 Å². The summed E-state index contributed by atoms with van der Waals surface area (Å²) >= 11 is 0. The zero-order valence-corrected chi connectivity index (χ0v) is 7.22. The molecule has 5 nitrogen and oxygen atoms in total. The van der Waals surface area contributed by atoms with Crippen LogP contribution in [0.1, 0.15) is 12.8 Å². The molecule has 2 rings (SSSR count). The molecule has 0 radical (unpaired) electrons. The van der Waals surface area contributed by atoms with Gasteiger partial charge in [-0.3, -0.25) is 4.68 Å². The second-order valence-corrected chi connectivity index (χ2v) is 3.26. The minimum Gasteiger partial charge on any atom is -0.422 e. The van der Waals surface area contributed by atoms with Crippen LogP contribution < -0.4 is 5.59 Å². The molecule has 1 aliphatic carbocycles. The topological polar surface area (TPSA) is 89.8 Å². The van der Waals surface area contributed by atoms with Crippen molar-refractivity contribution in [2.75, 3.05) is 0 Å². The Hall–Kier alpha value is -0.845. The SMILES string of the molecule is O.OB(O)c1ccnn1CC1CC1. The molecule has 0 spiro atoms. The molecule has 0 atom stereocenters. The Balaban J connectivity index is 0.000000845. The molecule has 0 unspecified atom stereocenters. The average molecular weight is 184 g/mol. The Kier molecular flexibility index (Phi) is 3.08. The molecule has 1 aromatic heterocycles. The van der Waals surface area contributed by atoms with Gasteiger partial charge < -0.3 is 15.5 Å². The summed E-state index contributed by atoms with van der Waals surface area (Å²) in [6.07, 6.45) is 4.07. The maximum Gasteiger partial charge on any atom is 0.507 e. The lowest BCUT2D eigenvalue weighted by molar-refractivity contribution is 0.418. The van der Waals surface area contributed by atoms with Gasteiger partial charge >= 0.3 is 7.12 Å². The van der Waals surface area contributed by atoms with Crippen LogP contribution in [0, 0.1) is 5.92 Å². The van der Waals surface area contributed by atoms with Crippen LogP contribution in [0.5, 0.6) is 0 Å². The van der Waals surface area contributed by atoms with Gasteiger partial charge in [0.05, 0.1) is 5.59 Å². The first-order chi connectivity index (χ1) is 5.77. The predicted molar refractivity (Wildman–Crippen MR) is 48.4 cm³/mol. The molecule has 1 aliphatic rings. The monoisotopic (exact) mass is 184 g/mol. The summed E-state index contributed by atoms with van der Waals surface area (Å²) in [6, 6.07) is 1.63. The second-order valence-electron chi connectivity index (χ2n) is 3.26. The van der Waals surface area contributed by atoms with E-state index in [1.165, 1.54) is 12.8 Å². The van der Waals surface area contributed by atoms with Gasteiger partial charge in [0.1, 0.15) is 0 Å². The van der Waals surface area contributed by atoms with Crippen LogP contribution in [0.3, 0.4) is 0 Å². The fraction of sp³-hybridized carbons (Fsp3) is 0.571. The Morgan fingerprint density at radius 3 is 2.77 bits per heavy atom. The Labute approximate surface area is 76.5 Å². The van der Waals surface area contributed by atoms with Crippen molar-refractivity contribution in [3.63, 3.8) is 0 Å². The van der Waals surface area contributed by atoms with Crippen LogP contribution in [0.2, 0.25) is 0 Å². The maximum absolute atomic E-state index is 8.92. The summed E-state index contributed by atoms with van der Waals surface area (Å²) in [5.74, 6) is 0.697. The molecule has 0 saturated heterocycles. The van der Waals surface area contributed by atoms with Crippen LogP contribution in [0.4, 0.5) is 0 Å². The van der Waals surface area contributed by atoms with Gasteiger partial charge in [-0.25, -0.2) is 0 Å². The minimum atomic E-state index is -1.40. The summed E-state index contributed by atoms with van der Waals surface area (Å²) in [5, 5.41) is 21.9. The van der Waals surface area contributed by atoms with Crippen LogP contribution in [0.25, 0.3) is 0 Å². The lowest BCUT2D eigenvalue weighted by atomic mass is 9.86. The van der Waals surface area contributed by atoms with Crippen LogP contribution >= 0.6 is 0 Å². The van der Waals surface area contributed by atoms with Crippen molar-refractivity contribution in [3.8, 4) is 0 Å². The summed E-state index contributed by atoms with van der Waals surface area (Å²) < 4.78 is 1.67. The van der Waals surface area contributed by atoms with Crippen molar-refractivity contribution in [1.82, 2.24) is 9.78 Å². The van der Waals surface area contributed by atoms with E-state index in [1.807, 2.05) is 0 Å². The van der Waals surface area contributed by atoms with Crippen molar-refractivity contribution in [2.24, 2.45) is 5.92 Å². The highest BCUT2D eigenvalue weighted by molar-refractivity contribution is 6.57. The highest BCUT2D eigenvalue weighted by atomic mass is 16.4.